The maximum atomic E-state index is 10.3. The second-order valence-corrected chi connectivity index (χ2v) is 3.34. The molecule has 0 aliphatic carbocycles. The van der Waals surface area contributed by atoms with Crippen molar-refractivity contribution in [2.45, 2.75) is 25.7 Å². The Morgan fingerprint density at radius 2 is 2.55 bits per heavy atom. The highest BCUT2D eigenvalue weighted by atomic mass is 32.1. The Morgan fingerprint density at radius 1 is 1.73 bits per heavy atom. The summed E-state index contributed by atoms with van der Waals surface area (Å²) < 4.78 is 0. The van der Waals surface area contributed by atoms with E-state index in [0.717, 1.165) is 12.7 Å². The van der Waals surface area contributed by atoms with Crippen molar-refractivity contribution in [2.75, 3.05) is 0 Å². The molecule has 0 fully saturated rings. The van der Waals surface area contributed by atoms with Crippen molar-refractivity contribution in [2.24, 2.45) is 0 Å². The molecule has 1 rings (SSSR count). The minimum atomic E-state index is 0.443. The van der Waals surface area contributed by atoms with Gasteiger partial charge in [0.25, 0.3) is 0 Å². The van der Waals surface area contributed by atoms with Crippen molar-refractivity contribution in [3.8, 4) is 0 Å². The quantitative estimate of drug-likeness (QED) is 0.632. The largest absolute Gasteiger partial charge is 0.303 e. The van der Waals surface area contributed by atoms with Crippen molar-refractivity contribution in [1.29, 1.82) is 0 Å². The SMILES string of the molecule is CC[C@@H](CC=O)c1ccsc1. The second-order valence-electron chi connectivity index (χ2n) is 2.56. The minimum Gasteiger partial charge on any atom is -0.303 e. The molecule has 2 heteroatoms. The predicted octanol–water partition coefficient (Wildman–Crippen LogP) is 2.83. The first-order chi connectivity index (χ1) is 5.38. The van der Waals surface area contributed by atoms with Gasteiger partial charge >= 0.3 is 0 Å². The molecule has 0 bridgehead atoms. The molecule has 1 atom stereocenters. The van der Waals surface area contributed by atoms with Crippen LogP contribution in [0.15, 0.2) is 16.8 Å². The first kappa shape index (κ1) is 8.47. The molecule has 0 unspecified atom stereocenters. The minimum absolute atomic E-state index is 0.443. The molecule has 1 aromatic heterocycles. The standard InChI is InChI=1S/C9H12OS/c1-2-8(3-5-10)9-4-6-11-7-9/h4-8H,2-3H2,1H3/t8-/m0/s1. The summed E-state index contributed by atoms with van der Waals surface area (Å²) in [6.07, 6.45) is 2.72. The lowest BCUT2D eigenvalue weighted by Gasteiger charge is -2.07. The topological polar surface area (TPSA) is 17.1 Å². The molecule has 0 radical (unpaired) electrons. The van der Waals surface area contributed by atoms with Gasteiger partial charge in [-0.25, -0.2) is 0 Å². The highest BCUT2D eigenvalue weighted by Gasteiger charge is 2.07. The van der Waals surface area contributed by atoms with Crippen LogP contribution in [0.4, 0.5) is 0 Å². The number of carbonyl (C=O) groups excluding carboxylic acids is 1. The molecule has 0 saturated heterocycles. The zero-order chi connectivity index (χ0) is 8.10. The van der Waals surface area contributed by atoms with Crippen LogP contribution in [-0.4, -0.2) is 6.29 Å². The van der Waals surface area contributed by atoms with E-state index in [9.17, 15) is 4.79 Å². The molecular formula is C9H12OS. The molecule has 0 amide bonds. The Balaban J connectivity index is 2.62. The van der Waals surface area contributed by atoms with Crippen LogP contribution >= 0.6 is 11.3 Å². The Labute approximate surface area is 71.1 Å². The Kier molecular flexibility index (Phi) is 3.30. The summed E-state index contributed by atoms with van der Waals surface area (Å²) in [5, 5.41) is 4.18. The van der Waals surface area contributed by atoms with E-state index in [2.05, 4.69) is 23.8 Å². The third-order valence-corrected chi connectivity index (χ3v) is 2.59. The zero-order valence-corrected chi connectivity index (χ0v) is 7.43. The summed E-state index contributed by atoms with van der Waals surface area (Å²) >= 11 is 1.69. The molecule has 0 aromatic carbocycles. The molecule has 11 heavy (non-hydrogen) atoms. The van der Waals surface area contributed by atoms with Gasteiger partial charge in [0.1, 0.15) is 6.29 Å². The van der Waals surface area contributed by atoms with Gasteiger partial charge < -0.3 is 4.79 Å². The van der Waals surface area contributed by atoms with Gasteiger partial charge in [-0.15, -0.1) is 0 Å². The monoisotopic (exact) mass is 168 g/mol. The van der Waals surface area contributed by atoms with E-state index in [1.807, 2.05) is 0 Å². The molecular weight excluding hydrogens is 156 g/mol. The van der Waals surface area contributed by atoms with E-state index in [4.69, 9.17) is 0 Å². The number of thiophene rings is 1. The maximum absolute atomic E-state index is 10.3. The third kappa shape index (κ3) is 2.15. The molecule has 0 aliphatic rings. The summed E-state index contributed by atoms with van der Waals surface area (Å²) in [6.45, 7) is 2.12. The van der Waals surface area contributed by atoms with Gasteiger partial charge in [-0.1, -0.05) is 6.92 Å². The van der Waals surface area contributed by atoms with Gasteiger partial charge in [-0.3, -0.25) is 0 Å². The predicted molar refractivity (Wildman–Crippen MR) is 48.0 cm³/mol. The van der Waals surface area contributed by atoms with Crippen LogP contribution in [0.5, 0.6) is 0 Å². The maximum Gasteiger partial charge on any atom is 0.120 e. The second kappa shape index (κ2) is 4.29. The fraction of sp³-hybridized carbons (Fsp3) is 0.444. The highest BCUT2D eigenvalue weighted by molar-refractivity contribution is 7.07. The lowest BCUT2D eigenvalue weighted by Crippen LogP contribution is -1.95. The van der Waals surface area contributed by atoms with E-state index in [-0.39, 0.29) is 0 Å². The molecule has 0 N–H and O–H groups in total. The van der Waals surface area contributed by atoms with Gasteiger partial charge in [0.15, 0.2) is 0 Å². The number of hydrogen-bond donors (Lipinski definition) is 0. The summed E-state index contributed by atoms with van der Waals surface area (Å²) in [6, 6.07) is 2.10. The fourth-order valence-electron chi connectivity index (χ4n) is 1.16. The summed E-state index contributed by atoms with van der Waals surface area (Å²) in [5.41, 5.74) is 1.31. The zero-order valence-electron chi connectivity index (χ0n) is 6.62. The average molecular weight is 168 g/mol. The Morgan fingerprint density at radius 3 is 3.00 bits per heavy atom. The van der Waals surface area contributed by atoms with Crippen LogP contribution in [0.3, 0.4) is 0 Å². The average Bonchev–Trinajstić information content (AvgIpc) is 2.52. The van der Waals surface area contributed by atoms with E-state index in [1.54, 1.807) is 11.3 Å². The van der Waals surface area contributed by atoms with Crippen LogP contribution in [0.1, 0.15) is 31.2 Å². The molecule has 1 aromatic rings. The molecule has 0 aliphatic heterocycles. The lowest BCUT2D eigenvalue weighted by molar-refractivity contribution is -0.108. The first-order valence-corrected chi connectivity index (χ1v) is 4.78. The van der Waals surface area contributed by atoms with Gasteiger partial charge in [0.2, 0.25) is 0 Å². The van der Waals surface area contributed by atoms with Gasteiger partial charge in [-0.2, -0.15) is 11.3 Å². The highest BCUT2D eigenvalue weighted by Crippen LogP contribution is 2.23. The molecule has 1 nitrogen and oxygen atoms in total. The lowest BCUT2D eigenvalue weighted by atomic mass is 9.97. The smallest absolute Gasteiger partial charge is 0.120 e. The number of aldehydes is 1. The van der Waals surface area contributed by atoms with E-state index >= 15 is 0 Å². The van der Waals surface area contributed by atoms with Gasteiger partial charge in [-0.05, 0) is 34.7 Å². The summed E-state index contributed by atoms with van der Waals surface area (Å²) in [5.74, 6) is 0.443. The molecule has 0 saturated carbocycles. The fourth-order valence-corrected chi connectivity index (χ4v) is 1.90. The van der Waals surface area contributed by atoms with Crippen molar-refractivity contribution < 1.29 is 4.79 Å². The van der Waals surface area contributed by atoms with E-state index < -0.39 is 0 Å². The van der Waals surface area contributed by atoms with Gasteiger partial charge in [0, 0.05) is 6.42 Å². The number of rotatable bonds is 4. The normalized spacial score (nSPS) is 12.8. The van der Waals surface area contributed by atoms with E-state index in [1.165, 1.54) is 5.56 Å². The van der Waals surface area contributed by atoms with Crippen LogP contribution in [0.2, 0.25) is 0 Å². The van der Waals surface area contributed by atoms with Crippen LogP contribution in [0.25, 0.3) is 0 Å². The third-order valence-electron chi connectivity index (χ3n) is 1.89. The Hall–Kier alpha value is -0.630. The van der Waals surface area contributed by atoms with Crippen molar-refractivity contribution in [3.63, 3.8) is 0 Å². The van der Waals surface area contributed by atoms with Gasteiger partial charge in [0.05, 0.1) is 0 Å². The Bertz CT molecular complexity index is 203. The van der Waals surface area contributed by atoms with Crippen LogP contribution in [0, 0.1) is 0 Å². The molecule has 0 spiro atoms. The van der Waals surface area contributed by atoms with Crippen LogP contribution < -0.4 is 0 Å². The van der Waals surface area contributed by atoms with Crippen molar-refractivity contribution in [1.82, 2.24) is 0 Å². The first-order valence-electron chi connectivity index (χ1n) is 3.84. The van der Waals surface area contributed by atoms with Crippen LogP contribution in [-0.2, 0) is 4.79 Å². The van der Waals surface area contributed by atoms with E-state index in [0.29, 0.717) is 12.3 Å². The van der Waals surface area contributed by atoms with Crippen molar-refractivity contribution in [3.05, 3.63) is 22.4 Å². The molecule has 60 valence electrons. The van der Waals surface area contributed by atoms with Crippen molar-refractivity contribution >= 4 is 17.6 Å². The number of carbonyl (C=O) groups is 1. The summed E-state index contributed by atoms with van der Waals surface area (Å²) in [4.78, 5) is 10.3. The number of hydrogen-bond acceptors (Lipinski definition) is 2. The summed E-state index contributed by atoms with van der Waals surface area (Å²) in [7, 11) is 0. The molecule has 1 heterocycles.